The summed E-state index contributed by atoms with van der Waals surface area (Å²) in [5.41, 5.74) is 1.79. The van der Waals surface area contributed by atoms with Crippen LogP contribution in [-0.4, -0.2) is 85.6 Å². The van der Waals surface area contributed by atoms with E-state index in [1.54, 1.807) is 57.5 Å². The van der Waals surface area contributed by atoms with Gasteiger partial charge < -0.3 is 19.7 Å². The predicted molar refractivity (Wildman–Crippen MR) is 139 cm³/mol. The van der Waals surface area contributed by atoms with Crippen LogP contribution in [0.15, 0.2) is 59.8 Å². The van der Waals surface area contributed by atoms with Crippen LogP contribution in [0.3, 0.4) is 0 Å². The molecule has 0 aliphatic carbocycles. The minimum atomic E-state index is -0.848. The Kier molecular flexibility index (Phi) is 8.31. The van der Waals surface area contributed by atoms with Crippen LogP contribution < -0.4 is 10.1 Å². The van der Waals surface area contributed by atoms with E-state index in [0.717, 1.165) is 0 Å². The number of ether oxygens (including phenoxy) is 2. The molecule has 2 aromatic carbocycles. The summed E-state index contributed by atoms with van der Waals surface area (Å²) in [7, 11) is 3.17. The monoisotopic (exact) mass is 524 g/mol. The molecule has 2 atom stereocenters. The van der Waals surface area contributed by atoms with Gasteiger partial charge in [0.1, 0.15) is 11.6 Å². The fourth-order valence-corrected chi connectivity index (χ4v) is 4.92. The SMILES string of the molecule is CCOC(=O)C1=C(CN2CCN(C(=O)c3ccc(OC)cc3)[C@@H](C)C2)N(C)C(=O)N[C@H]1c1cccc(F)c1. The molecule has 1 saturated heterocycles. The first-order chi connectivity index (χ1) is 18.2. The van der Waals surface area contributed by atoms with Gasteiger partial charge in [0.15, 0.2) is 0 Å². The predicted octanol–water partition coefficient (Wildman–Crippen LogP) is 3.19. The van der Waals surface area contributed by atoms with E-state index >= 15 is 0 Å². The molecule has 1 N–H and O–H groups in total. The molecule has 9 nitrogen and oxygen atoms in total. The highest BCUT2D eigenvalue weighted by atomic mass is 19.1. The van der Waals surface area contributed by atoms with Gasteiger partial charge in [-0.2, -0.15) is 0 Å². The maximum Gasteiger partial charge on any atom is 0.338 e. The molecule has 1 fully saturated rings. The maximum absolute atomic E-state index is 14.0. The molecule has 0 saturated carbocycles. The van der Waals surface area contributed by atoms with Crippen molar-refractivity contribution in [3.63, 3.8) is 0 Å². The molecule has 2 aliphatic heterocycles. The number of nitrogens with zero attached hydrogens (tertiary/aromatic N) is 3. The third kappa shape index (κ3) is 5.65. The lowest BCUT2D eigenvalue weighted by molar-refractivity contribution is -0.139. The van der Waals surface area contributed by atoms with Gasteiger partial charge >= 0.3 is 12.0 Å². The van der Waals surface area contributed by atoms with Gasteiger partial charge in [-0.1, -0.05) is 12.1 Å². The topological polar surface area (TPSA) is 91.4 Å². The molecule has 2 aliphatic rings. The van der Waals surface area contributed by atoms with Crippen molar-refractivity contribution in [2.24, 2.45) is 0 Å². The van der Waals surface area contributed by atoms with Crippen LogP contribution in [0.4, 0.5) is 9.18 Å². The Hall–Kier alpha value is -3.92. The zero-order chi connectivity index (χ0) is 27.4. The average molecular weight is 525 g/mol. The van der Waals surface area contributed by atoms with Crippen LogP contribution >= 0.6 is 0 Å². The number of nitrogens with one attached hydrogen (secondary N) is 1. The standard InChI is InChI=1S/C28H33FN4O5/c1-5-38-27(35)24-23(31(3)28(36)30-25(24)20-7-6-8-21(29)15-20)17-32-13-14-33(18(2)16-32)26(34)19-9-11-22(37-4)12-10-19/h6-12,15,18,25H,5,13-14,16-17H2,1-4H3,(H,30,36)/t18-,25-/m0/s1. The lowest BCUT2D eigenvalue weighted by atomic mass is 9.94. The number of benzene rings is 2. The van der Waals surface area contributed by atoms with Crippen molar-refractivity contribution in [2.45, 2.75) is 25.9 Å². The Morgan fingerprint density at radius 3 is 2.50 bits per heavy atom. The summed E-state index contributed by atoms with van der Waals surface area (Å²) in [6.07, 6.45) is 0. The number of amides is 3. The van der Waals surface area contributed by atoms with Crippen LogP contribution in [0, 0.1) is 5.82 Å². The van der Waals surface area contributed by atoms with Gasteiger partial charge in [-0.25, -0.2) is 14.0 Å². The van der Waals surface area contributed by atoms with E-state index in [0.29, 0.717) is 48.8 Å². The fraction of sp³-hybridized carbons (Fsp3) is 0.393. The second-order valence-electron chi connectivity index (χ2n) is 9.39. The summed E-state index contributed by atoms with van der Waals surface area (Å²) < 4.78 is 24.6. The molecule has 0 aromatic heterocycles. The van der Waals surface area contributed by atoms with E-state index in [-0.39, 0.29) is 24.1 Å². The molecule has 2 aromatic rings. The number of rotatable bonds is 7. The minimum absolute atomic E-state index is 0.0634. The summed E-state index contributed by atoms with van der Waals surface area (Å²) in [6.45, 7) is 5.71. The Morgan fingerprint density at radius 2 is 1.87 bits per heavy atom. The number of esters is 1. The highest BCUT2D eigenvalue weighted by Gasteiger charge is 2.38. The van der Waals surface area contributed by atoms with Crippen molar-refractivity contribution in [3.8, 4) is 5.75 Å². The first-order valence-electron chi connectivity index (χ1n) is 12.6. The number of likely N-dealkylation sites (N-methyl/N-ethyl adjacent to an activating group) is 1. The van der Waals surface area contributed by atoms with Crippen LogP contribution in [0.2, 0.25) is 0 Å². The fourth-order valence-electron chi connectivity index (χ4n) is 4.92. The van der Waals surface area contributed by atoms with E-state index in [1.807, 2.05) is 11.8 Å². The second kappa shape index (κ2) is 11.6. The molecule has 202 valence electrons. The first-order valence-corrected chi connectivity index (χ1v) is 12.6. The van der Waals surface area contributed by atoms with Gasteiger partial charge in [-0.3, -0.25) is 14.6 Å². The molecule has 38 heavy (non-hydrogen) atoms. The van der Waals surface area contributed by atoms with Gasteiger partial charge in [0, 0.05) is 50.5 Å². The summed E-state index contributed by atoms with van der Waals surface area (Å²) in [5, 5.41) is 2.80. The van der Waals surface area contributed by atoms with Crippen LogP contribution in [-0.2, 0) is 9.53 Å². The van der Waals surface area contributed by atoms with E-state index < -0.39 is 23.9 Å². The zero-order valence-electron chi connectivity index (χ0n) is 22.1. The molecule has 0 bridgehead atoms. The van der Waals surface area contributed by atoms with Crippen LogP contribution in [0.5, 0.6) is 5.75 Å². The quantitative estimate of drug-likeness (QED) is 0.560. The summed E-state index contributed by atoms with van der Waals surface area (Å²) in [5.74, 6) is -0.411. The number of carbonyl (C=O) groups excluding carboxylic acids is 3. The highest BCUT2D eigenvalue weighted by molar-refractivity contribution is 5.95. The number of hydrogen-bond acceptors (Lipinski definition) is 6. The Labute approximate surface area is 221 Å². The Balaban J connectivity index is 1.58. The molecule has 0 radical (unpaired) electrons. The number of halogens is 1. The minimum Gasteiger partial charge on any atom is -0.497 e. The molecular weight excluding hydrogens is 491 g/mol. The molecule has 10 heteroatoms. The molecule has 0 spiro atoms. The Morgan fingerprint density at radius 1 is 1.13 bits per heavy atom. The number of piperazine rings is 1. The molecule has 4 rings (SSSR count). The molecular formula is C28H33FN4O5. The largest absolute Gasteiger partial charge is 0.497 e. The van der Waals surface area contributed by atoms with Crippen molar-refractivity contribution in [1.29, 1.82) is 0 Å². The summed E-state index contributed by atoms with van der Waals surface area (Å²) in [4.78, 5) is 44.5. The van der Waals surface area contributed by atoms with E-state index in [9.17, 15) is 18.8 Å². The lowest BCUT2D eigenvalue weighted by Crippen LogP contribution is -2.56. The van der Waals surface area contributed by atoms with Gasteiger partial charge in [0.05, 0.1) is 25.3 Å². The molecule has 2 heterocycles. The van der Waals surface area contributed by atoms with Crippen LogP contribution in [0.25, 0.3) is 0 Å². The number of methoxy groups -OCH3 is 1. The summed E-state index contributed by atoms with van der Waals surface area (Å²) >= 11 is 0. The van der Waals surface area contributed by atoms with Crippen molar-refractivity contribution >= 4 is 17.9 Å². The number of carbonyl (C=O) groups is 3. The summed E-state index contributed by atoms with van der Waals surface area (Å²) in [6, 6.07) is 11.5. The van der Waals surface area contributed by atoms with Crippen molar-refractivity contribution in [2.75, 3.05) is 46.9 Å². The average Bonchev–Trinajstić information content (AvgIpc) is 2.91. The van der Waals surface area contributed by atoms with Gasteiger partial charge in [-0.15, -0.1) is 0 Å². The van der Waals surface area contributed by atoms with Gasteiger partial charge in [0.2, 0.25) is 0 Å². The lowest BCUT2D eigenvalue weighted by Gasteiger charge is -2.42. The van der Waals surface area contributed by atoms with E-state index in [2.05, 4.69) is 10.2 Å². The smallest absolute Gasteiger partial charge is 0.338 e. The first kappa shape index (κ1) is 27.1. The Bertz CT molecular complexity index is 1230. The van der Waals surface area contributed by atoms with Crippen molar-refractivity contribution in [3.05, 3.63) is 76.7 Å². The van der Waals surface area contributed by atoms with Gasteiger partial charge in [0.25, 0.3) is 5.91 Å². The molecule has 3 amide bonds. The highest BCUT2D eigenvalue weighted by Crippen LogP contribution is 2.32. The third-order valence-corrected chi connectivity index (χ3v) is 6.94. The normalized spacial score (nSPS) is 20.3. The molecule has 0 unspecified atom stereocenters. The number of urea groups is 1. The zero-order valence-corrected chi connectivity index (χ0v) is 22.1. The van der Waals surface area contributed by atoms with Crippen molar-refractivity contribution in [1.82, 2.24) is 20.0 Å². The number of hydrogen-bond donors (Lipinski definition) is 1. The van der Waals surface area contributed by atoms with E-state index in [1.165, 1.54) is 17.0 Å². The van der Waals surface area contributed by atoms with Crippen molar-refractivity contribution < 1.29 is 28.2 Å². The van der Waals surface area contributed by atoms with E-state index in [4.69, 9.17) is 9.47 Å². The maximum atomic E-state index is 14.0. The van der Waals surface area contributed by atoms with Gasteiger partial charge in [-0.05, 0) is 55.8 Å². The third-order valence-electron chi connectivity index (χ3n) is 6.94. The van der Waals surface area contributed by atoms with Crippen LogP contribution in [0.1, 0.15) is 35.8 Å². The second-order valence-corrected chi connectivity index (χ2v) is 9.39.